The van der Waals surface area contributed by atoms with Gasteiger partial charge in [-0.05, 0) is 68.7 Å². The maximum Gasteiger partial charge on any atom is 0.405 e. The van der Waals surface area contributed by atoms with E-state index in [1.54, 1.807) is 26.2 Å². The molecule has 0 radical (unpaired) electrons. The summed E-state index contributed by atoms with van der Waals surface area (Å²) in [6, 6.07) is 5.02. The molecule has 9 nitrogen and oxygen atoms in total. The molecule has 0 fully saturated rings. The molecular weight excluding hydrogens is 476 g/mol. The number of benzene rings is 1. The van der Waals surface area contributed by atoms with Gasteiger partial charge in [-0.25, -0.2) is 4.79 Å². The molecule has 37 heavy (non-hydrogen) atoms. The van der Waals surface area contributed by atoms with E-state index in [2.05, 4.69) is 5.32 Å². The standard InChI is InChI=1S/C28H42N2O7/c1-16-10-20-13-21(15-22(31)14-20)30-27(33)17(2)8-7-9-23(35-5)26(37-28(29)34)19(4)12-18(3)25(32)24(11-16)36-6/h8,12-16,18,23-26,31-32H,7,9-11H2,1-6H3,(H2,29,34)(H,30,33)/b17-8+,19-12+/t16-,18?,23?,24?,25?,26?/m1/s1. The SMILES string of the molecule is COC1CC/C=C(\C)C(=O)Nc2cc(O)cc(c2)C[C@@H](C)CC(OC)C(O)C(C)/C=C(\C)C1OC(N)=O. The van der Waals surface area contributed by atoms with Crippen molar-refractivity contribution >= 4 is 17.7 Å². The van der Waals surface area contributed by atoms with Gasteiger partial charge in [0.05, 0.1) is 18.3 Å². The Kier molecular flexibility index (Phi) is 11.6. The number of aliphatic hydroxyl groups excluding tert-OH is 1. The first kappa shape index (κ1) is 30.3. The molecule has 0 spiro atoms. The van der Waals surface area contributed by atoms with Gasteiger partial charge in [0.1, 0.15) is 5.75 Å². The van der Waals surface area contributed by atoms with Crippen LogP contribution in [0, 0.1) is 11.8 Å². The second-order valence-electron chi connectivity index (χ2n) is 10.0. The van der Waals surface area contributed by atoms with E-state index in [4.69, 9.17) is 19.9 Å². The summed E-state index contributed by atoms with van der Waals surface area (Å²) >= 11 is 0. The summed E-state index contributed by atoms with van der Waals surface area (Å²) in [7, 11) is 3.09. The largest absolute Gasteiger partial charge is 0.508 e. The average Bonchev–Trinajstić information content (AvgIpc) is 2.82. The van der Waals surface area contributed by atoms with Crippen molar-refractivity contribution in [1.29, 1.82) is 0 Å². The number of rotatable bonds is 3. The van der Waals surface area contributed by atoms with Crippen molar-refractivity contribution in [1.82, 2.24) is 0 Å². The third kappa shape index (κ3) is 9.18. The number of aromatic hydroxyl groups is 1. The lowest BCUT2D eigenvalue weighted by Gasteiger charge is -2.30. The number of anilines is 1. The van der Waals surface area contributed by atoms with Crippen molar-refractivity contribution in [2.24, 2.45) is 17.6 Å². The number of methoxy groups -OCH3 is 2. The zero-order valence-corrected chi connectivity index (χ0v) is 22.7. The molecule has 1 aliphatic heterocycles. The van der Waals surface area contributed by atoms with E-state index in [9.17, 15) is 19.8 Å². The zero-order chi connectivity index (χ0) is 27.7. The number of nitrogens with one attached hydrogen (secondary N) is 1. The number of allylic oxidation sites excluding steroid dienone is 1. The molecule has 1 heterocycles. The first-order valence-corrected chi connectivity index (χ1v) is 12.6. The minimum Gasteiger partial charge on any atom is -0.508 e. The summed E-state index contributed by atoms with van der Waals surface area (Å²) in [5.41, 5.74) is 7.92. The summed E-state index contributed by atoms with van der Waals surface area (Å²) in [5.74, 6) is -0.427. The lowest BCUT2D eigenvalue weighted by molar-refractivity contribution is -0.112. The van der Waals surface area contributed by atoms with Gasteiger partial charge < -0.3 is 35.5 Å². The number of carbonyl (C=O) groups excluding carboxylic acids is 2. The topological polar surface area (TPSA) is 140 Å². The lowest BCUT2D eigenvalue weighted by atomic mass is 9.88. The van der Waals surface area contributed by atoms with Gasteiger partial charge >= 0.3 is 6.09 Å². The van der Waals surface area contributed by atoms with Crippen LogP contribution in [-0.4, -0.2) is 60.8 Å². The molecule has 2 bridgehead atoms. The van der Waals surface area contributed by atoms with Gasteiger partial charge in [0.25, 0.3) is 5.91 Å². The number of carbonyl (C=O) groups is 2. The molecule has 206 valence electrons. The van der Waals surface area contributed by atoms with Gasteiger partial charge in [-0.1, -0.05) is 26.0 Å². The van der Waals surface area contributed by atoms with Crippen LogP contribution in [0.25, 0.3) is 0 Å². The molecule has 6 atom stereocenters. The molecule has 0 saturated carbocycles. The predicted molar refractivity (Wildman–Crippen MR) is 142 cm³/mol. The van der Waals surface area contributed by atoms with Crippen molar-refractivity contribution < 1.29 is 34.0 Å². The monoisotopic (exact) mass is 518 g/mol. The molecule has 9 heteroatoms. The highest BCUT2D eigenvalue weighted by molar-refractivity contribution is 6.03. The van der Waals surface area contributed by atoms with Crippen LogP contribution in [0.3, 0.4) is 0 Å². The van der Waals surface area contributed by atoms with Crippen LogP contribution in [0.2, 0.25) is 0 Å². The highest BCUT2D eigenvalue weighted by atomic mass is 16.6. The fourth-order valence-electron chi connectivity index (χ4n) is 4.83. The molecule has 1 aliphatic rings. The number of fused-ring (bicyclic) bond motifs is 2. The predicted octanol–water partition coefficient (Wildman–Crippen LogP) is 4.08. The van der Waals surface area contributed by atoms with Gasteiger partial charge in [0.15, 0.2) is 6.10 Å². The maximum absolute atomic E-state index is 12.8. The van der Waals surface area contributed by atoms with Gasteiger partial charge in [0.2, 0.25) is 0 Å². The van der Waals surface area contributed by atoms with E-state index in [0.717, 1.165) is 5.56 Å². The molecule has 2 amide bonds. The second kappa shape index (κ2) is 14.2. The second-order valence-corrected chi connectivity index (χ2v) is 10.0. The molecule has 0 aromatic heterocycles. The summed E-state index contributed by atoms with van der Waals surface area (Å²) in [4.78, 5) is 24.4. The van der Waals surface area contributed by atoms with Crippen LogP contribution < -0.4 is 11.1 Å². The molecule has 0 saturated heterocycles. The molecule has 5 unspecified atom stereocenters. The van der Waals surface area contributed by atoms with E-state index in [1.807, 2.05) is 32.9 Å². The Morgan fingerprint density at radius 1 is 1.11 bits per heavy atom. The van der Waals surface area contributed by atoms with E-state index in [0.29, 0.717) is 42.5 Å². The zero-order valence-electron chi connectivity index (χ0n) is 22.7. The van der Waals surface area contributed by atoms with Crippen LogP contribution in [0.1, 0.15) is 52.5 Å². The Morgan fingerprint density at radius 2 is 1.78 bits per heavy atom. The summed E-state index contributed by atoms with van der Waals surface area (Å²) in [6.45, 7) is 7.44. The number of phenols is 1. The number of nitrogens with two attached hydrogens (primary N) is 1. The van der Waals surface area contributed by atoms with Gasteiger partial charge in [-0.3, -0.25) is 4.79 Å². The van der Waals surface area contributed by atoms with Crippen molar-refractivity contribution in [3.8, 4) is 5.75 Å². The van der Waals surface area contributed by atoms with E-state index in [1.165, 1.54) is 13.2 Å². The Balaban J connectivity index is 2.47. The Hall–Kier alpha value is -2.88. The third-order valence-corrected chi connectivity index (χ3v) is 6.79. The molecule has 2 rings (SSSR count). The van der Waals surface area contributed by atoms with Gasteiger partial charge in [-0.2, -0.15) is 0 Å². The average molecular weight is 519 g/mol. The fourth-order valence-corrected chi connectivity index (χ4v) is 4.83. The summed E-state index contributed by atoms with van der Waals surface area (Å²) in [6.07, 6.45) is 2.29. The van der Waals surface area contributed by atoms with Crippen molar-refractivity contribution in [3.05, 3.63) is 47.1 Å². The number of primary amides is 1. The Morgan fingerprint density at radius 3 is 2.41 bits per heavy atom. The van der Waals surface area contributed by atoms with E-state index >= 15 is 0 Å². The van der Waals surface area contributed by atoms with E-state index < -0.39 is 30.5 Å². The Bertz CT molecular complexity index is 991. The van der Waals surface area contributed by atoms with Crippen molar-refractivity contribution in [2.45, 2.75) is 77.8 Å². The lowest BCUT2D eigenvalue weighted by Crippen LogP contribution is -2.37. The number of ether oxygens (including phenoxy) is 3. The number of hydrogen-bond donors (Lipinski definition) is 4. The Labute approximate surface area is 219 Å². The highest BCUT2D eigenvalue weighted by Gasteiger charge is 2.30. The maximum atomic E-state index is 12.8. The first-order chi connectivity index (χ1) is 17.4. The molecule has 0 aliphatic carbocycles. The van der Waals surface area contributed by atoms with Crippen LogP contribution in [-0.2, 0) is 25.4 Å². The number of phenolic OH excluding ortho intramolecular Hbond substituents is 1. The number of hydrogen-bond acceptors (Lipinski definition) is 7. The summed E-state index contributed by atoms with van der Waals surface area (Å²) in [5, 5.41) is 24.2. The molecule has 1 aromatic rings. The minimum atomic E-state index is -0.925. The highest BCUT2D eigenvalue weighted by Crippen LogP contribution is 2.27. The van der Waals surface area contributed by atoms with Gasteiger partial charge in [-0.15, -0.1) is 0 Å². The van der Waals surface area contributed by atoms with Crippen LogP contribution in [0.15, 0.2) is 41.5 Å². The first-order valence-electron chi connectivity index (χ1n) is 12.6. The normalized spacial score (nSPS) is 31.4. The molecule has 1 aromatic carbocycles. The van der Waals surface area contributed by atoms with Crippen LogP contribution in [0.4, 0.5) is 10.5 Å². The van der Waals surface area contributed by atoms with E-state index in [-0.39, 0.29) is 23.5 Å². The van der Waals surface area contributed by atoms with Gasteiger partial charge in [0, 0.05) is 37.5 Å². The minimum absolute atomic E-state index is 0.0634. The molecule has 5 N–H and O–H groups in total. The fraction of sp³-hybridized carbons (Fsp3) is 0.571. The quantitative estimate of drug-likeness (QED) is 0.442. The summed E-state index contributed by atoms with van der Waals surface area (Å²) < 4.78 is 16.7. The number of aliphatic hydroxyl groups is 1. The van der Waals surface area contributed by atoms with Crippen LogP contribution in [0.5, 0.6) is 5.75 Å². The number of amides is 2. The smallest absolute Gasteiger partial charge is 0.405 e. The van der Waals surface area contributed by atoms with Crippen molar-refractivity contribution in [3.63, 3.8) is 0 Å². The third-order valence-electron chi connectivity index (χ3n) is 6.79. The van der Waals surface area contributed by atoms with Crippen LogP contribution >= 0.6 is 0 Å². The molecular formula is C28H42N2O7. The van der Waals surface area contributed by atoms with Crippen molar-refractivity contribution in [2.75, 3.05) is 19.5 Å².